The Hall–Kier alpha value is -4.16. The van der Waals surface area contributed by atoms with E-state index in [0.717, 1.165) is 16.8 Å². The topological polar surface area (TPSA) is 73.0 Å². The minimum absolute atomic E-state index is 0.244. The van der Waals surface area contributed by atoms with Crippen molar-refractivity contribution < 1.29 is 4.79 Å². The van der Waals surface area contributed by atoms with E-state index in [1.807, 2.05) is 67.7 Å². The molecule has 3 aromatic heterocycles. The molecule has 0 aliphatic heterocycles. The molecule has 7 heteroatoms. The van der Waals surface area contributed by atoms with Crippen LogP contribution in [0, 0.1) is 0 Å². The minimum atomic E-state index is -0.258. The van der Waals surface area contributed by atoms with Crippen molar-refractivity contribution in [1.82, 2.24) is 19.5 Å². The molecule has 0 amide bonds. The first-order valence-electron chi connectivity index (χ1n) is 10.3. The fourth-order valence-electron chi connectivity index (χ4n) is 3.72. The van der Waals surface area contributed by atoms with Gasteiger partial charge in [-0.3, -0.25) is 9.78 Å². The summed E-state index contributed by atoms with van der Waals surface area (Å²) in [6.07, 6.45) is 7.85. The highest BCUT2D eigenvalue weighted by Gasteiger charge is 2.21. The Kier molecular flexibility index (Phi) is 5.50. The van der Waals surface area contributed by atoms with Crippen LogP contribution >= 0.6 is 11.6 Å². The molecule has 0 spiro atoms. The number of aryl methyl sites for hydroxylation is 1. The lowest BCUT2D eigenvalue weighted by Gasteiger charge is -2.10. The highest BCUT2D eigenvalue weighted by atomic mass is 35.5. The summed E-state index contributed by atoms with van der Waals surface area (Å²) in [5.41, 5.74) is 4.43. The van der Waals surface area contributed by atoms with Gasteiger partial charge in [0.2, 0.25) is 0 Å². The van der Waals surface area contributed by atoms with Gasteiger partial charge in [-0.15, -0.1) is 0 Å². The van der Waals surface area contributed by atoms with E-state index in [2.05, 4.69) is 15.0 Å². The lowest BCUT2D eigenvalue weighted by atomic mass is 10.0. The zero-order valence-corrected chi connectivity index (χ0v) is 18.4. The number of halogens is 1. The summed E-state index contributed by atoms with van der Waals surface area (Å²) >= 11 is 6.72. The van der Waals surface area contributed by atoms with Gasteiger partial charge in [0.1, 0.15) is 17.7 Å². The first-order valence-corrected chi connectivity index (χ1v) is 10.6. The van der Waals surface area contributed by atoms with Crippen molar-refractivity contribution in [1.29, 1.82) is 0 Å². The number of aliphatic imine (C=N–C) groups is 1. The summed E-state index contributed by atoms with van der Waals surface area (Å²) in [7, 11) is 1.83. The highest BCUT2D eigenvalue weighted by molar-refractivity contribution is 6.38. The molecule has 0 fully saturated rings. The fraction of sp³-hybridized carbons (Fsp3) is 0.0385. The van der Waals surface area contributed by atoms with Gasteiger partial charge in [0, 0.05) is 42.2 Å². The van der Waals surface area contributed by atoms with E-state index in [0.29, 0.717) is 22.3 Å². The molecule has 2 aromatic carbocycles. The molecule has 0 saturated heterocycles. The number of rotatable bonds is 5. The van der Waals surface area contributed by atoms with Crippen LogP contribution in [0.4, 0.5) is 5.69 Å². The van der Waals surface area contributed by atoms with E-state index in [1.54, 1.807) is 23.2 Å². The van der Waals surface area contributed by atoms with Gasteiger partial charge < -0.3 is 4.57 Å². The summed E-state index contributed by atoms with van der Waals surface area (Å²) in [5.74, 6) is -0.258. The molecule has 0 N–H and O–H groups in total. The summed E-state index contributed by atoms with van der Waals surface area (Å²) in [6.45, 7) is 0. The predicted molar refractivity (Wildman–Crippen MR) is 129 cm³/mol. The van der Waals surface area contributed by atoms with Crippen LogP contribution in [-0.4, -0.2) is 31.0 Å². The van der Waals surface area contributed by atoms with Crippen LogP contribution in [0.3, 0.4) is 0 Å². The van der Waals surface area contributed by atoms with Crippen LogP contribution in [0.25, 0.3) is 11.0 Å². The maximum atomic E-state index is 13.4. The van der Waals surface area contributed by atoms with E-state index < -0.39 is 0 Å². The number of aromatic nitrogens is 4. The Morgan fingerprint density at radius 3 is 2.21 bits per heavy atom. The first kappa shape index (κ1) is 20.7. The molecule has 0 unspecified atom stereocenters. The van der Waals surface area contributed by atoms with Crippen molar-refractivity contribution in [2.45, 2.75) is 0 Å². The Morgan fingerprint density at radius 2 is 1.55 bits per heavy atom. The van der Waals surface area contributed by atoms with E-state index in [4.69, 9.17) is 16.6 Å². The van der Waals surface area contributed by atoms with E-state index >= 15 is 0 Å². The Balaban J connectivity index is 1.63. The molecule has 0 bridgehead atoms. The quantitative estimate of drug-likeness (QED) is 0.264. The second kappa shape index (κ2) is 8.76. The molecular formula is C26H18ClN5O. The zero-order chi connectivity index (χ0) is 22.8. The maximum absolute atomic E-state index is 13.4. The van der Waals surface area contributed by atoms with Gasteiger partial charge in [0.15, 0.2) is 5.78 Å². The van der Waals surface area contributed by atoms with Gasteiger partial charge in [-0.1, -0.05) is 72.3 Å². The third kappa shape index (κ3) is 3.92. The molecule has 5 aromatic rings. The first-order chi connectivity index (χ1) is 16.1. The number of fused-ring (bicyclic) bond motifs is 1. The van der Waals surface area contributed by atoms with Crippen molar-refractivity contribution in [3.05, 3.63) is 119 Å². The second-order valence-electron chi connectivity index (χ2n) is 7.46. The second-order valence-corrected chi connectivity index (χ2v) is 7.83. The van der Waals surface area contributed by atoms with Gasteiger partial charge in [-0.25, -0.2) is 15.0 Å². The SMILES string of the molecule is Cn1cc(C(=O)c2cncc(N=C(c3ccccc3)c3ccccc3)c2Cl)c2cncnc21. The molecule has 0 radical (unpaired) electrons. The summed E-state index contributed by atoms with van der Waals surface area (Å²) in [4.78, 5) is 30.9. The molecule has 0 aliphatic carbocycles. The smallest absolute Gasteiger partial charge is 0.198 e. The number of carbonyl (C=O) groups excluding carboxylic acids is 1. The molecule has 6 nitrogen and oxygen atoms in total. The zero-order valence-electron chi connectivity index (χ0n) is 17.7. The number of carbonyl (C=O) groups is 1. The van der Waals surface area contributed by atoms with Crippen molar-refractivity contribution in [3.8, 4) is 0 Å². The molecular weight excluding hydrogens is 434 g/mol. The monoisotopic (exact) mass is 451 g/mol. The van der Waals surface area contributed by atoms with Crippen LogP contribution < -0.4 is 0 Å². The average Bonchev–Trinajstić information content (AvgIpc) is 3.21. The minimum Gasteiger partial charge on any atom is -0.335 e. The highest BCUT2D eigenvalue weighted by Crippen LogP contribution is 2.32. The molecule has 5 rings (SSSR count). The number of pyridine rings is 1. The molecule has 0 saturated carbocycles. The largest absolute Gasteiger partial charge is 0.335 e. The average molecular weight is 452 g/mol. The van der Waals surface area contributed by atoms with Crippen molar-refractivity contribution in [2.75, 3.05) is 0 Å². The fourth-order valence-corrected chi connectivity index (χ4v) is 3.95. The predicted octanol–water partition coefficient (Wildman–Crippen LogP) is 5.42. The van der Waals surface area contributed by atoms with Gasteiger partial charge in [-0.05, 0) is 0 Å². The van der Waals surface area contributed by atoms with Gasteiger partial charge in [0.25, 0.3) is 0 Å². The third-order valence-electron chi connectivity index (χ3n) is 5.32. The van der Waals surface area contributed by atoms with Crippen LogP contribution in [0.5, 0.6) is 0 Å². The van der Waals surface area contributed by atoms with Gasteiger partial charge in [0.05, 0.1) is 28.1 Å². The summed E-state index contributed by atoms with van der Waals surface area (Å²) in [6, 6.07) is 19.7. The van der Waals surface area contributed by atoms with E-state index in [1.165, 1.54) is 12.5 Å². The van der Waals surface area contributed by atoms with Crippen molar-refractivity contribution in [2.24, 2.45) is 12.0 Å². The molecule has 0 aliphatic rings. The maximum Gasteiger partial charge on any atom is 0.198 e. The number of benzene rings is 2. The lowest BCUT2D eigenvalue weighted by molar-refractivity contribution is 0.104. The van der Waals surface area contributed by atoms with Crippen LogP contribution in [0.2, 0.25) is 5.02 Å². The van der Waals surface area contributed by atoms with Crippen molar-refractivity contribution in [3.63, 3.8) is 0 Å². The Bertz CT molecular complexity index is 1450. The molecule has 160 valence electrons. The third-order valence-corrected chi connectivity index (χ3v) is 5.71. The van der Waals surface area contributed by atoms with Gasteiger partial charge >= 0.3 is 0 Å². The lowest BCUT2D eigenvalue weighted by Crippen LogP contribution is -2.05. The number of hydrogen-bond donors (Lipinski definition) is 0. The number of ketones is 1. The summed E-state index contributed by atoms with van der Waals surface area (Å²) in [5, 5.41) is 0.900. The molecule has 3 heterocycles. The van der Waals surface area contributed by atoms with Crippen LogP contribution in [0.15, 0.2) is 96.8 Å². The standard InChI is InChI=1S/C26H18ClN5O/c1-32-15-21(19-12-29-16-30-26(19)32)25(33)20-13-28-14-22(23(20)27)31-24(17-8-4-2-5-9-17)18-10-6-3-7-11-18/h2-16H,1H3. The normalized spacial score (nSPS) is 10.8. The molecule has 33 heavy (non-hydrogen) atoms. The number of nitrogens with zero attached hydrogens (tertiary/aromatic N) is 5. The Labute approximate surface area is 195 Å². The Morgan fingerprint density at radius 1 is 0.879 bits per heavy atom. The van der Waals surface area contributed by atoms with E-state index in [9.17, 15) is 4.79 Å². The summed E-state index contributed by atoms with van der Waals surface area (Å²) < 4.78 is 1.79. The number of hydrogen-bond acceptors (Lipinski definition) is 5. The van der Waals surface area contributed by atoms with E-state index in [-0.39, 0.29) is 16.4 Å². The molecule has 0 atom stereocenters. The van der Waals surface area contributed by atoms with Crippen LogP contribution in [-0.2, 0) is 7.05 Å². The van der Waals surface area contributed by atoms with Gasteiger partial charge in [-0.2, -0.15) is 0 Å². The van der Waals surface area contributed by atoms with Crippen LogP contribution in [0.1, 0.15) is 27.0 Å². The van der Waals surface area contributed by atoms with Crippen molar-refractivity contribution >= 4 is 39.8 Å².